The highest BCUT2D eigenvalue weighted by Gasteiger charge is 2.10. The molecule has 0 amide bonds. The molecule has 0 aliphatic carbocycles. The highest BCUT2D eigenvalue weighted by Crippen LogP contribution is 2.24. The van der Waals surface area contributed by atoms with Crippen LogP contribution in [0.4, 0.5) is 4.39 Å². The second-order valence-electron chi connectivity index (χ2n) is 5.12. The van der Waals surface area contributed by atoms with Crippen molar-refractivity contribution in [3.05, 3.63) is 50.7 Å². The Hall–Kier alpha value is -0.970. The van der Waals surface area contributed by atoms with Crippen molar-refractivity contribution in [1.82, 2.24) is 10.3 Å². The van der Waals surface area contributed by atoms with Crippen LogP contribution in [0.1, 0.15) is 29.3 Å². The molecule has 0 spiro atoms. The van der Waals surface area contributed by atoms with Crippen LogP contribution in [-0.2, 0) is 13.0 Å². The van der Waals surface area contributed by atoms with Gasteiger partial charge < -0.3 is 5.32 Å². The van der Waals surface area contributed by atoms with Crippen molar-refractivity contribution >= 4 is 22.9 Å². The molecule has 1 N–H and O–H groups in total. The first-order chi connectivity index (χ1) is 9.56. The molecule has 0 radical (unpaired) electrons. The highest BCUT2D eigenvalue weighted by molar-refractivity contribution is 7.11. The first-order valence-electron chi connectivity index (χ1n) is 6.63. The summed E-state index contributed by atoms with van der Waals surface area (Å²) in [5.74, 6) is 0.354. The molecule has 0 saturated heterocycles. The van der Waals surface area contributed by atoms with Crippen LogP contribution >= 0.6 is 22.9 Å². The molecule has 0 fully saturated rings. The van der Waals surface area contributed by atoms with Gasteiger partial charge in [0, 0.05) is 34.6 Å². The smallest absolute Gasteiger partial charge is 0.128 e. The van der Waals surface area contributed by atoms with Gasteiger partial charge in [-0.2, -0.15) is 0 Å². The summed E-state index contributed by atoms with van der Waals surface area (Å²) < 4.78 is 13.7. The maximum absolute atomic E-state index is 13.7. The third-order valence-electron chi connectivity index (χ3n) is 2.84. The van der Waals surface area contributed by atoms with Gasteiger partial charge in [0.25, 0.3) is 0 Å². The molecule has 2 nitrogen and oxygen atoms in total. The summed E-state index contributed by atoms with van der Waals surface area (Å²) in [4.78, 5) is 5.50. The molecule has 0 bridgehead atoms. The number of hydrogen-bond donors (Lipinski definition) is 1. The topological polar surface area (TPSA) is 24.9 Å². The van der Waals surface area contributed by atoms with Gasteiger partial charge in [0.05, 0.1) is 5.01 Å². The molecular formula is C15H18ClFN2S. The molecule has 0 aliphatic rings. The molecule has 5 heteroatoms. The van der Waals surface area contributed by atoms with Crippen LogP contribution in [0.3, 0.4) is 0 Å². The van der Waals surface area contributed by atoms with Gasteiger partial charge in [-0.25, -0.2) is 9.37 Å². The first kappa shape index (κ1) is 15.4. The van der Waals surface area contributed by atoms with Crippen molar-refractivity contribution in [2.45, 2.75) is 26.8 Å². The van der Waals surface area contributed by atoms with Crippen molar-refractivity contribution in [1.29, 1.82) is 0 Å². The van der Waals surface area contributed by atoms with Gasteiger partial charge in [-0.1, -0.05) is 31.5 Å². The standard InChI is InChI=1S/C15H18ClFN2S/c1-10(2)7-18-8-11-9-19-15(20-11)6-12-13(16)4-3-5-14(12)17/h3-5,9-10,18H,6-8H2,1-2H3. The van der Waals surface area contributed by atoms with E-state index in [2.05, 4.69) is 24.1 Å². The predicted molar refractivity (Wildman–Crippen MR) is 82.9 cm³/mol. The van der Waals surface area contributed by atoms with E-state index in [0.29, 0.717) is 22.9 Å². The number of aromatic nitrogens is 1. The molecule has 0 unspecified atom stereocenters. The summed E-state index contributed by atoms with van der Waals surface area (Å²) in [6.45, 7) is 6.13. The Balaban J connectivity index is 1.99. The first-order valence-corrected chi connectivity index (χ1v) is 7.83. The van der Waals surface area contributed by atoms with Gasteiger partial charge in [0.1, 0.15) is 5.82 Å². The van der Waals surface area contributed by atoms with Crippen molar-refractivity contribution in [2.75, 3.05) is 6.54 Å². The number of thiazole rings is 1. The van der Waals surface area contributed by atoms with E-state index >= 15 is 0 Å². The van der Waals surface area contributed by atoms with Crippen LogP contribution in [-0.4, -0.2) is 11.5 Å². The SMILES string of the molecule is CC(C)CNCc1cnc(Cc2c(F)cccc2Cl)s1. The molecule has 2 rings (SSSR count). The van der Waals surface area contributed by atoms with E-state index in [1.54, 1.807) is 23.5 Å². The van der Waals surface area contributed by atoms with E-state index in [1.165, 1.54) is 6.07 Å². The molecule has 1 aromatic carbocycles. The summed E-state index contributed by atoms with van der Waals surface area (Å²) in [5.41, 5.74) is 0.519. The Labute approximate surface area is 128 Å². The van der Waals surface area contributed by atoms with Gasteiger partial charge in [-0.05, 0) is 24.6 Å². The Morgan fingerprint density at radius 3 is 2.90 bits per heavy atom. The quantitative estimate of drug-likeness (QED) is 0.861. The monoisotopic (exact) mass is 312 g/mol. The lowest BCUT2D eigenvalue weighted by Crippen LogP contribution is -2.18. The zero-order valence-corrected chi connectivity index (χ0v) is 13.2. The third-order valence-corrected chi connectivity index (χ3v) is 4.19. The predicted octanol–water partition coefficient (Wildman–Crippen LogP) is 4.27. The van der Waals surface area contributed by atoms with Crippen LogP contribution in [0.25, 0.3) is 0 Å². The fourth-order valence-electron chi connectivity index (χ4n) is 1.85. The van der Waals surface area contributed by atoms with E-state index in [1.807, 2.05) is 6.20 Å². The largest absolute Gasteiger partial charge is 0.312 e. The van der Waals surface area contributed by atoms with Crippen LogP contribution in [0.2, 0.25) is 5.02 Å². The zero-order chi connectivity index (χ0) is 14.5. The molecule has 1 heterocycles. The second-order valence-corrected chi connectivity index (χ2v) is 6.73. The van der Waals surface area contributed by atoms with E-state index in [0.717, 1.165) is 23.0 Å². The van der Waals surface area contributed by atoms with Gasteiger partial charge >= 0.3 is 0 Å². The summed E-state index contributed by atoms with van der Waals surface area (Å²) in [6, 6.07) is 4.75. The number of nitrogens with zero attached hydrogens (tertiary/aromatic N) is 1. The third kappa shape index (κ3) is 4.27. The minimum absolute atomic E-state index is 0.271. The molecule has 1 aromatic heterocycles. The Kier molecular flexibility index (Phi) is 5.52. The van der Waals surface area contributed by atoms with Crippen molar-refractivity contribution in [2.24, 2.45) is 5.92 Å². The Morgan fingerprint density at radius 1 is 1.40 bits per heavy atom. The minimum Gasteiger partial charge on any atom is -0.312 e. The van der Waals surface area contributed by atoms with Crippen LogP contribution in [0, 0.1) is 11.7 Å². The lowest BCUT2D eigenvalue weighted by molar-refractivity contribution is 0.554. The molecule has 2 aromatic rings. The van der Waals surface area contributed by atoms with Gasteiger partial charge in [0.2, 0.25) is 0 Å². The summed E-state index contributed by atoms with van der Waals surface area (Å²) in [6.07, 6.45) is 2.29. The Morgan fingerprint density at radius 2 is 2.20 bits per heavy atom. The molecule has 0 saturated carbocycles. The number of hydrogen-bond acceptors (Lipinski definition) is 3. The van der Waals surface area contributed by atoms with Crippen molar-refractivity contribution < 1.29 is 4.39 Å². The van der Waals surface area contributed by atoms with E-state index in [4.69, 9.17) is 11.6 Å². The fourth-order valence-corrected chi connectivity index (χ4v) is 2.98. The summed E-state index contributed by atoms with van der Waals surface area (Å²) in [5, 5.41) is 4.72. The molecule has 0 atom stereocenters. The zero-order valence-electron chi connectivity index (χ0n) is 11.6. The van der Waals surface area contributed by atoms with Crippen molar-refractivity contribution in [3.8, 4) is 0 Å². The van der Waals surface area contributed by atoms with E-state index < -0.39 is 0 Å². The van der Waals surface area contributed by atoms with Gasteiger partial charge in [-0.3, -0.25) is 0 Å². The number of rotatable bonds is 6. The van der Waals surface area contributed by atoms with Gasteiger partial charge in [-0.15, -0.1) is 11.3 Å². The molecule has 0 aliphatic heterocycles. The lowest BCUT2D eigenvalue weighted by atomic mass is 10.1. The normalized spacial score (nSPS) is 11.2. The molecular weight excluding hydrogens is 295 g/mol. The molecule has 20 heavy (non-hydrogen) atoms. The van der Waals surface area contributed by atoms with E-state index in [9.17, 15) is 4.39 Å². The summed E-state index contributed by atoms with van der Waals surface area (Å²) in [7, 11) is 0. The summed E-state index contributed by atoms with van der Waals surface area (Å²) >= 11 is 7.63. The molecule has 108 valence electrons. The fraction of sp³-hybridized carbons (Fsp3) is 0.400. The minimum atomic E-state index is -0.271. The average Bonchev–Trinajstić information content (AvgIpc) is 2.81. The van der Waals surface area contributed by atoms with E-state index in [-0.39, 0.29) is 5.82 Å². The number of halogens is 2. The van der Waals surface area contributed by atoms with Gasteiger partial charge in [0.15, 0.2) is 0 Å². The number of benzene rings is 1. The lowest BCUT2D eigenvalue weighted by Gasteiger charge is -2.05. The Bertz CT molecular complexity index is 549. The highest BCUT2D eigenvalue weighted by atomic mass is 35.5. The average molecular weight is 313 g/mol. The van der Waals surface area contributed by atoms with Crippen LogP contribution in [0.15, 0.2) is 24.4 Å². The maximum Gasteiger partial charge on any atom is 0.128 e. The maximum atomic E-state index is 13.7. The van der Waals surface area contributed by atoms with Crippen LogP contribution < -0.4 is 5.32 Å². The van der Waals surface area contributed by atoms with Crippen molar-refractivity contribution in [3.63, 3.8) is 0 Å². The second kappa shape index (κ2) is 7.16. The number of nitrogens with one attached hydrogen (secondary N) is 1. The van der Waals surface area contributed by atoms with Crippen LogP contribution in [0.5, 0.6) is 0 Å².